The summed E-state index contributed by atoms with van der Waals surface area (Å²) in [5.41, 5.74) is 0.166. The Kier molecular flexibility index (Phi) is 4.35. The van der Waals surface area contributed by atoms with Gasteiger partial charge in [0.25, 0.3) is 0 Å². The molecule has 0 amide bonds. The van der Waals surface area contributed by atoms with E-state index >= 15 is 0 Å². The summed E-state index contributed by atoms with van der Waals surface area (Å²) in [6.45, 7) is 2.26. The van der Waals surface area contributed by atoms with Crippen LogP contribution in [0.2, 0.25) is 0 Å². The van der Waals surface area contributed by atoms with E-state index in [1.807, 2.05) is 0 Å². The first-order valence-corrected chi connectivity index (χ1v) is 6.76. The van der Waals surface area contributed by atoms with Crippen LogP contribution in [-0.4, -0.2) is 11.0 Å². The van der Waals surface area contributed by atoms with E-state index < -0.39 is 16.4 Å². The number of nitrogens with zero attached hydrogens (tertiary/aromatic N) is 1. The minimum absolute atomic E-state index is 0.329. The Morgan fingerprint density at radius 2 is 2.11 bits per heavy atom. The maximum atomic E-state index is 13.2. The molecule has 2 atom stereocenters. The van der Waals surface area contributed by atoms with Gasteiger partial charge in [0, 0.05) is 17.8 Å². The first-order chi connectivity index (χ1) is 9.06. The van der Waals surface area contributed by atoms with E-state index in [0.29, 0.717) is 11.7 Å². The first-order valence-electron chi connectivity index (χ1n) is 6.76. The maximum absolute atomic E-state index is 13.2. The predicted octanol–water partition coefficient (Wildman–Crippen LogP) is 4.11. The fraction of sp³-hybridized carbons (Fsp3) is 0.571. The van der Waals surface area contributed by atoms with Crippen LogP contribution in [0.4, 0.5) is 15.8 Å². The van der Waals surface area contributed by atoms with Gasteiger partial charge in [0.05, 0.1) is 4.92 Å². The summed E-state index contributed by atoms with van der Waals surface area (Å²) in [7, 11) is 0. The van der Waals surface area contributed by atoms with Crippen molar-refractivity contribution in [3.63, 3.8) is 0 Å². The minimum atomic E-state index is -0.787. The summed E-state index contributed by atoms with van der Waals surface area (Å²) in [4.78, 5) is 10.0. The van der Waals surface area contributed by atoms with Crippen LogP contribution in [0.5, 0.6) is 0 Å². The predicted molar refractivity (Wildman–Crippen MR) is 72.7 cm³/mol. The number of rotatable bonds is 3. The largest absolute Gasteiger partial charge is 0.382 e. The Morgan fingerprint density at radius 3 is 2.84 bits per heavy atom. The van der Waals surface area contributed by atoms with Crippen LogP contribution in [0, 0.1) is 21.8 Å². The smallest absolute Gasteiger partial charge is 0.306 e. The van der Waals surface area contributed by atoms with Gasteiger partial charge in [0.15, 0.2) is 0 Å². The van der Waals surface area contributed by atoms with Gasteiger partial charge >= 0.3 is 5.69 Å². The number of nitro groups is 1. The molecule has 19 heavy (non-hydrogen) atoms. The van der Waals surface area contributed by atoms with Crippen LogP contribution in [0.1, 0.15) is 39.0 Å². The normalized spacial score (nSPS) is 23.7. The highest BCUT2D eigenvalue weighted by atomic mass is 19.1. The topological polar surface area (TPSA) is 55.2 Å². The zero-order valence-corrected chi connectivity index (χ0v) is 11.1. The van der Waals surface area contributed by atoms with Crippen LogP contribution in [-0.2, 0) is 0 Å². The van der Waals surface area contributed by atoms with Gasteiger partial charge in [-0.15, -0.1) is 0 Å². The monoisotopic (exact) mass is 266 g/mol. The van der Waals surface area contributed by atoms with E-state index in [-0.39, 0.29) is 0 Å². The molecule has 0 aromatic heterocycles. The number of hydrogen-bond donors (Lipinski definition) is 1. The van der Waals surface area contributed by atoms with Gasteiger partial charge in [0.2, 0.25) is 5.82 Å². The van der Waals surface area contributed by atoms with E-state index in [1.54, 1.807) is 6.07 Å². The van der Waals surface area contributed by atoms with E-state index in [9.17, 15) is 14.5 Å². The average molecular weight is 266 g/mol. The summed E-state index contributed by atoms with van der Waals surface area (Å²) in [6, 6.07) is 4.33. The number of halogens is 1. The lowest BCUT2D eigenvalue weighted by Crippen LogP contribution is -2.18. The lowest BCUT2D eigenvalue weighted by molar-refractivity contribution is -0.387. The second kappa shape index (κ2) is 5.99. The summed E-state index contributed by atoms with van der Waals surface area (Å²) in [5, 5.41) is 14.0. The highest BCUT2D eigenvalue weighted by Gasteiger charge is 2.18. The van der Waals surface area contributed by atoms with Crippen molar-refractivity contribution in [1.29, 1.82) is 0 Å². The molecule has 1 saturated carbocycles. The molecule has 1 fully saturated rings. The molecule has 1 aliphatic rings. The van der Waals surface area contributed by atoms with Crippen molar-refractivity contribution in [1.82, 2.24) is 0 Å². The molecule has 0 saturated heterocycles. The average Bonchev–Trinajstić information content (AvgIpc) is 2.56. The van der Waals surface area contributed by atoms with Crippen LogP contribution in [0.25, 0.3) is 0 Å². The zero-order chi connectivity index (χ0) is 13.8. The van der Waals surface area contributed by atoms with Gasteiger partial charge in [-0.25, -0.2) is 0 Å². The maximum Gasteiger partial charge on any atom is 0.306 e. The van der Waals surface area contributed by atoms with Crippen molar-refractivity contribution in [3.05, 3.63) is 34.1 Å². The fourth-order valence-corrected chi connectivity index (χ4v) is 2.61. The van der Waals surface area contributed by atoms with E-state index in [0.717, 1.165) is 24.8 Å². The molecule has 104 valence electrons. The summed E-state index contributed by atoms with van der Waals surface area (Å²) in [5.74, 6) is -0.0422. The molecule has 1 aromatic rings. The van der Waals surface area contributed by atoms with Gasteiger partial charge in [0.1, 0.15) is 0 Å². The second-order valence-corrected chi connectivity index (χ2v) is 5.38. The molecular weight excluding hydrogens is 247 g/mol. The SMILES string of the molecule is CC1CCCC(Nc2ccc(F)c([N+](=O)[O-])c2)CC1. The third kappa shape index (κ3) is 3.66. The number of benzene rings is 1. The molecule has 1 aromatic carbocycles. The van der Waals surface area contributed by atoms with E-state index in [4.69, 9.17) is 0 Å². The lowest BCUT2D eigenvalue weighted by atomic mass is 10.0. The van der Waals surface area contributed by atoms with Crippen molar-refractivity contribution in [3.8, 4) is 0 Å². The van der Waals surface area contributed by atoms with Crippen molar-refractivity contribution < 1.29 is 9.31 Å². The second-order valence-electron chi connectivity index (χ2n) is 5.38. The quantitative estimate of drug-likeness (QED) is 0.508. The number of anilines is 1. The Balaban J connectivity index is 2.06. The molecule has 2 rings (SSSR count). The summed E-state index contributed by atoms with van der Waals surface area (Å²) >= 11 is 0. The van der Waals surface area contributed by atoms with Gasteiger partial charge in [-0.05, 0) is 37.3 Å². The number of nitrogens with one attached hydrogen (secondary N) is 1. The Hall–Kier alpha value is -1.65. The fourth-order valence-electron chi connectivity index (χ4n) is 2.61. The Labute approximate surface area is 112 Å². The van der Waals surface area contributed by atoms with E-state index in [2.05, 4.69) is 12.2 Å². The third-order valence-corrected chi connectivity index (χ3v) is 3.77. The number of nitro benzene ring substituents is 1. The van der Waals surface area contributed by atoms with Gasteiger partial charge in [-0.2, -0.15) is 4.39 Å². The molecule has 1 aliphatic carbocycles. The Bertz CT molecular complexity index is 465. The standard InChI is InChI=1S/C14H19FN2O2/c1-10-3-2-4-11(6-5-10)16-12-7-8-13(15)14(9-12)17(18)19/h7-11,16H,2-6H2,1H3. The van der Waals surface area contributed by atoms with Crippen LogP contribution in [0.3, 0.4) is 0 Å². The first kappa shape index (κ1) is 13.8. The van der Waals surface area contributed by atoms with Crippen molar-refractivity contribution >= 4 is 11.4 Å². The zero-order valence-electron chi connectivity index (χ0n) is 11.1. The molecule has 5 heteroatoms. The molecule has 0 heterocycles. The summed E-state index contributed by atoms with van der Waals surface area (Å²) in [6.07, 6.45) is 5.70. The van der Waals surface area contributed by atoms with Gasteiger partial charge in [-0.1, -0.05) is 19.8 Å². The summed E-state index contributed by atoms with van der Waals surface area (Å²) < 4.78 is 13.2. The molecule has 0 aliphatic heterocycles. The van der Waals surface area contributed by atoms with Crippen LogP contribution in [0.15, 0.2) is 18.2 Å². The molecule has 0 radical (unpaired) electrons. The van der Waals surface area contributed by atoms with Crippen molar-refractivity contribution in [2.24, 2.45) is 5.92 Å². The Morgan fingerprint density at radius 1 is 1.32 bits per heavy atom. The van der Waals surface area contributed by atoms with Crippen LogP contribution >= 0.6 is 0 Å². The molecule has 0 bridgehead atoms. The van der Waals surface area contributed by atoms with Crippen LogP contribution < -0.4 is 5.32 Å². The molecule has 4 nitrogen and oxygen atoms in total. The third-order valence-electron chi connectivity index (χ3n) is 3.77. The highest BCUT2D eigenvalue weighted by Crippen LogP contribution is 2.27. The highest BCUT2D eigenvalue weighted by molar-refractivity contribution is 5.52. The molecule has 1 N–H and O–H groups in total. The van der Waals surface area contributed by atoms with Gasteiger partial charge in [-0.3, -0.25) is 10.1 Å². The lowest BCUT2D eigenvalue weighted by Gasteiger charge is -2.17. The minimum Gasteiger partial charge on any atom is -0.382 e. The van der Waals surface area contributed by atoms with Gasteiger partial charge < -0.3 is 5.32 Å². The van der Waals surface area contributed by atoms with E-state index in [1.165, 1.54) is 25.3 Å². The molecule has 0 spiro atoms. The molecule has 2 unspecified atom stereocenters. The van der Waals surface area contributed by atoms with Crippen molar-refractivity contribution in [2.45, 2.75) is 45.1 Å². The number of hydrogen-bond acceptors (Lipinski definition) is 3. The molecular formula is C14H19FN2O2. The van der Waals surface area contributed by atoms with Crippen molar-refractivity contribution in [2.75, 3.05) is 5.32 Å².